The van der Waals surface area contributed by atoms with Crippen molar-refractivity contribution in [2.75, 3.05) is 0 Å². The Balaban J connectivity index is 2.54. The summed E-state index contributed by atoms with van der Waals surface area (Å²) in [6.45, 7) is 9.78. The molecule has 0 bridgehead atoms. The summed E-state index contributed by atoms with van der Waals surface area (Å²) < 4.78 is 0. The largest absolute Gasteiger partial charge is 0.353 e. The van der Waals surface area contributed by atoms with Crippen LogP contribution in [0.2, 0.25) is 0 Å². The second kappa shape index (κ2) is 3.78. The van der Waals surface area contributed by atoms with Crippen LogP contribution in [0.25, 0.3) is 0 Å². The molecule has 0 aromatic heterocycles. The molecule has 1 rings (SSSR count). The highest BCUT2D eigenvalue weighted by molar-refractivity contribution is 5.83. The molecule has 3 heteroatoms. The van der Waals surface area contributed by atoms with Crippen LogP contribution in [-0.2, 0) is 4.79 Å². The highest BCUT2D eigenvalue weighted by Gasteiger charge is 2.44. The van der Waals surface area contributed by atoms with E-state index in [1.54, 1.807) is 0 Å². The SMILES string of the molecule is CCC1CC1NC(=O)C(C)(C)C(C)(C)N. The van der Waals surface area contributed by atoms with Crippen molar-refractivity contribution < 1.29 is 4.79 Å². The fourth-order valence-corrected chi connectivity index (χ4v) is 1.52. The van der Waals surface area contributed by atoms with Gasteiger partial charge in [0.2, 0.25) is 5.91 Å². The molecule has 2 atom stereocenters. The van der Waals surface area contributed by atoms with Gasteiger partial charge in [0.05, 0.1) is 5.41 Å². The second-order valence-corrected chi connectivity index (χ2v) is 5.83. The van der Waals surface area contributed by atoms with Gasteiger partial charge in [0, 0.05) is 11.6 Å². The Hall–Kier alpha value is -0.570. The summed E-state index contributed by atoms with van der Waals surface area (Å²) in [5.41, 5.74) is 5.00. The molecule has 1 fully saturated rings. The molecule has 0 radical (unpaired) electrons. The third-order valence-electron chi connectivity index (χ3n) is 3.94. The quantitative estimate of drug-likeness (QED) is 0.744. The first-order valence-corrected chi connectivity index (χ1v) is 5.80. The highest BCUT2D eigenvalue weighted by Crippen LogP contribution is 2.35. The van der Waals surface area contributed by atoms with Crippen molar-refractivity contribution in [3.8, 4) is 0 Å². The average molecular weight is 212 g/mol. The third kappa shape index (κ3) is 2.51. The normalized spacial score (nSPS) is 26.3. The van der Waals surface area contributed by atoms with Crippen molar-refractivity contribution in [1.29, 1.82) is 0 Å². The van der Waals surface area contributed by atoms with E-state index in [1.807, 2.05) is 27.7 Å². The van der Waals surface area contributed by atoms with E-state index in [-0.39, 0.29) is 5.91 Å². The van der Waals surface area contributed by atoms with E-state index in [0.717, 1.165) is 12.8 Å². The Morgan fingerprint density at radius 3 is 2.27 bits per heavy atom. The van der Waals surface area contributed by atoms with Gasteiger partial charge >= 0.3 is 0 Å². The smallest absolute Gasteiger partial charge is 0.227 e. The molecular formula is C12H24N2O. The number of carbonyl (C=O) groups is 1. The van der Waals surface area contributed by atoms with Crippen LogP contribution in [0.4, 0.5) is 0 Å². The fourth-order valence-electron chi connectivity index (χ4n) is 1.52. The number of rotatable bonds is 4. The molecular weight excluding hydrogens is 188 g/mol. The first-order valence-electron chi connectivity index (χ1n) is 5.80. The van der Waals surface area contributed by atoms with Crippen LogP contribution in [0.15, 0.2) is 0 Å². The van der Waals surface area contributed by atoms with Crippen LogP contribution in [0.3, 0.4) is 0 Å². The molecule has 88 valence electrons. The van der Waals surface area contributed by atoms with Crippen molar-refractivity contribution in [1.82, 2.24) is 5.32 Å². The van der Waals surface area contributed by atoms with Gasteiger partial charge in [0.25, 0.3) is 0 Å². The lowest BCUT2D eigenvalue weighted by Crippen LogP contribution is -2.56. The molecule has 0 aliphatic heterocycles. The zero-order valence-corrected chi connectivity index (χ0v) is 10.6. The molecule has 0 aromatic carbocycles. The van der Waals surface area contributed by atoms with E-state index in [4.69, 9.17) is 5.73 Å². The Kier molecular flexibility index (Phi) is 3.15. The minimum atomic E-state index is -0.520. The summed E-state index contributed by atoms with van der Waals surface area (Å²) in [6.07, 6.45) is 2.28. The molecule has 2 unspecified atom stereocenters. The predicted octanol–water partition coefficient (Wildman–Crippen LogP) is 1.66. The Morgan fingerprint density at radius 2 is 1.93 bits per heavy atom. The maximum atomic E-state index is 12.0. The van der Waals surface area contributed by atoms with Gasteiger partial charge in [-0.3, -0.25) is 4.79 Å². The second-order valence-electron chi connectivity index (χ2n) is 5.83. The summed E-state index contributed by atoms with van der Waals surface area (Å²) in [4.78, 5) is 12.0. The summed E-state index contributed by atoms with van der Waals surface area (Å²) in [5.74, 6) is 0.765. The van der Waals surface area contributed by atoms with Gasteiger partial charge in [-0.05, 0) is 40.0 Å². The minimum Gasteiger partial charge on any atom is -0.353 e. The van der Waals surface area contributed by atoms with Gasteiger partial charge < -0.3 is 11.1 Å². The van der Waals surface area contributed by atoms with E-state index < -0.39 is 11.0 Å². The fraction of sp³-hybridized carbons (Fsp3) is 0.917. The number of nitrogens with one attached hydrogen (secondary N) is 1. The zero-order valence-electron chi connectivity index (χ0n) is 10.6. The van der Waals surface area contributed by atoms with Gasteiger partial charge in [-0.2, -0.15) is 0 Å². The molecule has 3 N–H and O–H groups in total. The molecule has 1 amide bonds. The lowest BCUT2D eigenvalue weighted by atomic mass is 9.74. The van der Waals surface area contributed by atoms with E-state index in [1.165, 1.54) is 0 Å². The van der Waals surface area contributed by atoms with Crippen molar-refractivity contribution in [3.63, 3.8) is 0 Å². The van der Waals surface area contributed by atoms with Gasteiger partial charge in [-0.15, -0.1) is 0 Å². The number of hydrogen-bond acceptors (Lipinski definition) is 2. The predicted molar refractivity (Wildman–Crippen MR) is 62.4 cm³/mol. The molecule has 0 spiro atoms. The molecule has 15 heavy (non-hydrogen) atoms. The van der Waals surface area contributed by atoms with Crippen molar-refractivity contribution in [2.24, 2.45) is 17.1 Å². The molecule has 0 saturated heterocycles. The van der Waals surface area contributed by atoms with Gasteiger partial charge in [0.1, 0.15) is 0 Å². The van der Waals surface area contributed by atoms with Gasteiger partial charge in [-0.25, -0.2) is 0 Å². The van der Waals surface area contributed by atoms with E-state index in [9.17, 15) is 4.79 Å². The molecule has 0 aromatic rings. The van der Waals surface area contributed by atoms with E-state index in [2.05, 4.69) is 12.2 Å². The molecule has 1 saturated carbocycles. The number of amides is 1. The van der Waals surface area contributed by atoms with Crippen molar-refractivity contribution >= 4 is 5.91 Å². The Bertz CT molecular complexity index is 253. The average Bonchev–Trinajstić information content (AvgIpc) is 2.81. The first-order chi connectivity index (χ1) is 6.70. The number of nitrogens with two attached hydrogens (primary N) is 1. The van der Waals surface area contributed by atoms with Crippen LogP contribution >= 0.6 is 0 Å². The van der Waals surface area contributed by atoms with Crippen LogP contribution in [0.1, 0.15) is 47.5 Å². The Morgan fingerprint density at radius 1 is 1.40 bits per heavy atom. The minimum absolute atomic E-state index is 0.0796. The lowest BCUT2D eigenvalue weighted by molar-refractivity contribution is -0.132. The first kappa shape index (κ1) is 12.5. The monoisotopic (exact) mass is 212 g/mol. The van der Waals surface area contributed by atoms with Crippen molar-refractivity contribution in [2.45, 2.75) is 59.0 Å². The van der Waals surface area contributed by atoms with Crippen LogP contribution in [0, 0.1) is 11.3 Å². The third-order valence-corrected chi connectivity index (χ3v) is 3.94. The lowest BCUT2D eigenvalue weighted by Gasteiger charge is -2.37. The summed E-state index contributed by atoms with van der Waals surface area (Å²) in [5, 5.41) is 3.08. The van der Waals surface area contributed by atoms with Crippen LogP contribution < -0.4 is 11.1 Å². The van der Waals surface area contributed by atoms with Gasteiger partial charge in [0.15, 0.2) is 0 Å². The molecule has 1 aliphatic rings. The topological polar surface area (TPSA) is 55.1 Å². The van der Waals surface area contributed by atoms with Crippen LogP contribution in [0.5, 0.6) is 0 Å². The zero-order chi connectivity index (χ0) is 11.9. The molecule has 1 aliphatic carbocycles. The molecule has 3 nitrogen and oxygen atoms in total. The Labute approximate surface area is 92.8 Å². The summed E-state index contributed by atoms with van der Waals surface area (Å²) >= 11 is 0. The highest BCUT2D eigenvalue weighted by atomic mass is 16.2. The summed E-state index contributed by atoms with van der Waals surface area (Å²) in [7, 11) is 0. The van der Waals surface area contributed by atoms with Crippen LogP contribution in [-0.4, -0.2) is 17.5 Å². The maximum Gasteiger partial charge on any atom is 0.227 e. The standard InChI is InChI=1S/C12H24N2O/c1-6-8-7-9(8)14-10(15)11(2,3)12(4,5)13/h8-9H,6-7,13H2,1-5H3,(H,14,15). The summed E-state index contributed by atoms with van der Waals surface area (Å²) in [6, 6.07) is 0.393. The van der Waals surface area contributed by atoms with Crippen molar-refractivity contribution in [3.05, 3.63) is 0 Å². The van der Waals surface area contributed by atoms with E-state index >= 15 is 0 Å². The van der Waals surface area contributed by atoms with Gasteiger partial charge in [-0.1, -0.05) is 13.3 Å². The van der Waals surface area contributed by atoms with E-state index in [0.29, 0.717) is 12.0 Å². The molecule has 0 heterocycles. The number of carbonyl (C=O) groups excluding carboxylic acids is 1. The number of hydrogen-bond donors (Lipinski definition) is 2. The maximum absolute atomic E-state index is 12.0.